The molecule has 0 bridgehead atoms. The third-order valence-electron chi connectivity index (χ3n) is 3.45. The normalized spacial score (nSPS) is 12.6. The van der Waals surface area contributed by atoms with Gasteiger partial charge in [0.15, 0.2) is 0 Å². The lowest BCUT2D eigenvalue weighted by Crippen LogP contribution is -2.32. The van der Waals surface area contributed by atoms with Gasteiger partial charge in [-0.05, 0) is 32.3 Å². The van der Waals surface area contributed by atoms with Gasteiger partial charge in [0.05, 0.1) is 6.04 Å². The van der Waals surface area contributed by atoms with Crippen LogP contribution in [-0.4, -0.2) is 9.55 Å². The van der Waals surface area contributed by atoms with Gasteiger partial charge in [-0.15, -0.1) is 0 Å². The third-order valence-corrected chi connectivity index (χ3v) is 3.45. The minimum atomic E-state index is 0.0396. The van der Waals surface area contributed by atoms with Crippen LogP contribution >= 0.6 is 0 Å². The predicted octanol–water partition coefficient (Wildman–Crippen LogP) is 2.66. The number of nitrogens with zero attached hydrogens (tertiary/aromatic N) is 2. The molecule has 2 aromatic rings. The molecule has 0 aliphatic carbocycles. The largest absolute Gasteiger partial charge is 0.334 e. The van der Waals surface area contributed by atoms with Gasteiger partial charge in [0.2, 0.25) is 0 Å². The van der Waals surface area contributed by atoms with Crippen LogP contribution in [0.15, 0.2) is 30.6 Å². The Morgan fingerprint density at radius 2 is 1.95 bits per heavy atom. The zero-order valence-electron chi connectivity index (χ0n) is 12.6. The summed E-state index contributed by atoms with van der Waals surface area (Å²) in [5.41, 5.74) is 6.77. The molecule has 0 spiro atoms. The smallest absolute Gasteiger partial charge is 0.127 e. The van der Waals surface area contributed by atoms with Crippen LogP contribution in [0.4, 0.5) is 0 Å². The second-order valence-electron chi connectivity index (χ2n) is 5.40. The molecule has 0 saturated heterocycles. The van der Waals surface area contributed by atoms with Crippen molar-refractivity contribution in [3.63, 3.8) is 0 Å². The number of rotatable bonds is 6. The molecule has 1 aromatic carbocycles. The summed E-state index contributed by atoms with van der Waals surface area (Å²) in [6.45, 7) is 7.39. The minimum Gasteiger partial charge on any atom is -0.334 e. The van der Waals surface area contributed by atoms with E-state index in [0.717, 1.165) is 25.2 Å². The molecular weight excluding hydrogens is 248 g/mol. The molecule has 0 fully saturated rings. The Labute approximate surface area is 121 Å². The zero-order valence-corrected chi connectivity index (χ0v) is 12.6. The summed E-state index contributed by atoms with van der Waals surface area (Å²) in [5.74, 6) is 6.76. The van der Waals surface area contributed by atoms with Crippen LogP contribution in [0.1, 0.15) is 41.9 Å². The van der Waals surface area contributed by atoms with E-state index in [1.165, 1.54) is 16.7 Å². The maximum Gasteiger partial charge on any atom is 0.127 e. The molecular formula is C16H24N4. The number of nitrogens with one attached hydrogen (secondary N) is 1. The number of hydrazine groups is 1. The first-order chi connectivity index (χ1) is 9.63. The standard InChI is InChI=1S/C16H24N4/c1-4-6-20-7-5-18-16(20)15(19-17)11-14-9-12(2)8-13(3)10-14/h5,7-10,15,19H,4,6,11,17H2,1-3H3. The fourth-order valence-corrected chi connectivity index (χ4v) is 2.71. The summed E-state index contributed by atoms with van der Waals surface area (Å²) in [6, 6.07) is 6.65. The summed E-state index contributed by atoms with van der Waals surface area (Å²) in [6.07, 6.45) is 5.80. The van der Waals surface area contributed by atoms with Gasteiger partial charge in [-0.2, -0.15) is 0 Å². The van der Waals surface area contributed by atoms with Crippen LogP contribution in [0.5, 0.6) is 0 Å². The molecule has 108 valence electrons. The topological polar surface area (TPSA) is 55.9 Å². The van der Waals surface area contributed by atoms with Crippen molar-refractivity contribution in [2.45, 2.75) is 46.2 Å². The van der Waals surface area contributed by atoms with E-state index in [1.807, 2.05) is 12.4 Å². The Morgan fingerprint density at radius 3 is 2.55 bits per heavy atom. The second kappa shape index (κ2) is 6.68. The van der Waals surface area contributed by atoms with Gasteiger partial charge in [0.25, 0.3) is 0 Å². The first-order valence-electron chi connectivity index (χ1n) is 7.18. The Kier molecular flexibility index (Phi) is 4.93. The molecule has 1 unspecified atom stereocenters. The highest BCUT2D eigenvalue weighted by Crippen LogP contribution is 2.19. The van der Waals surface area contributed by atoms with Gasteiger partial charge >= 0.3 is 0 Å². The number of hydrogen-bond donors (Lipinski definition) is 2. The molecule has 3 N–H and O–H groups in total. The van der Waals surface area contributed by atoms with E-state index in [1.54, 1.807) is 0 Å². The summed E-state index contributed by atoms with van der Waals surface area (Å²) in [4.78, 5) is 4.47. The van der Waals surface area contributed by atoms with Gasteiger partial charge in [-0.25, -0.2) is 10.4 Å². The highest BCUT2D eigenvalue weighted by molar-refractivity contribution is 5.29. The highest BCUT2D eigenvalue weighted by atomic mass is 15.3. The van der Waals surface area contributed by atoms with E-state index in [2.05, 4.69) is 53.9 Å². The molecule has 0 radical (unpaired) electrons. The molecule has 20 heavy (non-hydrogen) atoms. The van der Waals surface area contributed by atoms with Crippen molar-refractivity contribution in [2.75, 3.05) is 0 Å². The molecule has 0 aliphatic rings. The lowest BCUT2D eigenvalue weighted by Gasteiger charge is -2.18. The number of nitrogens with two attached hydrogens (primary N) is 1. The van der Waals surface area contributed by atoms with Crippen molar-refractivity contribution in [1.82, 2.24) is 15.0 Å². The van der Waals surface area contributed by atoms with Crippen molar-refractivity contribution in [3.05, 3.63) is 53.1 Å². The lowest BCUT2D eigenvalue weighted by atomic mass is 10.0. The van der Waals surface area contributed by atoms with Crippen LogP contribution in [0, 0.1) is 13.8 Å². The van der Waals surface area contributed by atoms with Crippen molar-refractivity contribution in [3.8, 4) is 0 Å². The maximum absolute atomic E-state index is 5.75. The van der Waals surface area contributed by atoms with E-state index in [0.29, 0.717) is 0 Å². The van der Waals surface area contributed by atoms with Crippen LogP contribution in [0.25, 0.3) is 0 Å². The number of imidazole rings is 1. The van der Waals surface area contributed by atoms with E-state index >= 15 is 0 Å². The summed E-state index contributed by atoms with van der Waals surface area (Å²) in [7, 11) is 0. The molecule has 1 aromatic heterocycles. The Bertz CT molecular complexity index is 539. The van der Waals surface area contributed by atoms with E-state index in [4.69, 9.17) is 5.84 Å². The van der Waals surface area contributed by atoms with E-state index < -0.39 is 0 Å². The average Bonchev–Trinajstić information content (AvgIpc) is 2.83. The fourth-order valence-electron chi connectivity index (χ4n) is 2.71. The van der Waals surface area contributed by atoms with Crippen molar-refractivity contribution < 1.29 is 0 Å². The van der Waals surface area contributed by atoms with Gasteiger partial charge < -0.3 is 4.57 Å². The van der Waals surface area contributed by atoms with Crippen LogP contribution in [-0.2, 0) is 13.0 Å². The first kappa shape index (κ1) is 14.8. The summed E-state index contributed by atoms with van der Waals surface area (Å²) in [5, 5.41) is 0. The van der Waals surface area contributed by atoms with Crippen molar-refractivity contribution >= 4 is 0 Å². The summed E-state index contributed by atoms with van der Waals surface area (Å²) >= 11 is 0. The van der Waals surface area contributed by atoms with Gasteiger partial charge in [0.1, 0.15) is 5.82 Å². The Balaban J connectivity index is 2.21. The van der Waals surface area contributed by atoms with Crippen LogP contribution in [0.2, 0.25) is 0 Å². The molecule has 0 amide bonds. The number of aromatic nitrogens is 2. The number of aryl methyl sites for hydroxylation is 3. The van der Waals surface area contributed by atoms with Gasteiger partial charge in [0, 0.05) is 18.9 Å². The zero-order chi connectivity index (χ0) is 14.5. The van der Waals surface area contributed by atoms with Crippen LogP contribution in [0.3, 0.4) is 0 Å². The molecule has 4 heteroatoms. The Hall–Kier alpha value is -1.65. The predicted molar refractivity (Wildman–Crippen MR) is 82.2 cm³/mol. The quantitative estimate of drug-likeness (QED) is 0.628. The number of hydrogen-bond acceptors (Lipinski definition) is 3. The number of benzene rings is 1. The second-order valence-corrected chi connectivity index (χ2v) is 5.40. The fraction of sp³-hybridized carbons (Fsp3) is 0.438. The minimum absolute atomic E-state index is 0.0396. The molecule has 0 saturated carbocycles. The third kappa shape index (κ3) is 3.46. The highest BCUT2D eigenvalue weighted by Gasteiger charge is 2.16. The molecule has 4 nitrogen and oxygen atoms in total. The molecule has 1 heterocycles. The van der Waals surface area contributed by atoms with Gasteiger partial charge in [-0.3, -0.25) is 5.84 Å². The van der Waals surface area contributed by atoms with E-state index in [9.17, 15) is 0 Å². The Morgan fingerprint density at radius 1 is 1.25 bits per heavy atom. The molecule has 2 rings (SSSR count). The van der Waals surface area contributed by atoms with Crippen LogP contribution < -0.4 is 11.3 Å². The van der Waals surface area contributed by atoms with E-state index in [-0.39, 0.29) is 6.04 Å². The molecule has 0 aliphatic heterocycles. The van der Waals surface area contributed by atoms with Gasteiger partial charge in [-0.1, -0.05) is 36.2 Å². The SMILES string of the molecule is CCCn1ccnc1C(Cc1cc(C)cc(C)c1)NN. The van der Waals surface area contributed by atoms with Crippen molar-refractivity contribution in [2.24, 2.45) is 5.84 Å². The first-order valence-corrected chi connectivity index (χ1v) is 7.18. The summed E-state index contributed by atoms with van der Waals surface area (Å²) < 4.78 is 2.17. The lowest BCUT2D eigenvalue weighted by molar-refractivity contribution is 0.488. The molecule has 1 atom stereocenters. The maximum atomic E-state index is 5.75. The van der Waals surface area contributed by atoms with Crippen molar-refractivity contribution in [1.29, 1.82) is 0 Å². The average molecular weight is 272 g/mol. The monoisotopic (exact) mass is 272 g/mol.